The summed E-state index contributed by atoms with van der Waals surface area (Å²) in [6, 6.07) is 13.7. The van der Waals surface area contributed by atoms with Gasteiger partial charge in [0.25, 0.3) is 0 Å². The molecule has 6 rings (SSSR count). The first kappa shape index (κ1) is 29.1. The van der Waals surface area contributed by atoms with Crippen molar-refractivity contribution in [1.29, 1.82) is 0 Å². The van der Waals surface area contributed by atoms with Crippen molar-refractivity contribution in [3.8, 4) is 5.75 Å². The Hall–Kier alpha value is -4.03. The molecular formula is C31H38N6O6. The van der Waals surface area contributed by atoms with E-state index < -0.39 is 29.6 Å². The standard InChI is InChI=1S/C31H38N6O6/c1-2-42-21-13-11-20(12-14-21)33-28(39)25-24-15-16-31(43-24)26(25)30(41)36(17-7-3-4-8-18-38)27(31)29(40)32-19-37-23-10-6-5-9-22(23)34-35-37/h5-6,9-14,24-27,38H,2-4,7-8,15-19H2,1H3,(H,32,40)(H,33,39)/t24-,25+,26-,27?,31?/m0/s1. The number of carbonyl (C=O) groups excluding carboxylic acids is 3. The Morgan fingerprint density at radius 1 is 1.09 bits per heavy atom. The van der Waals surface area contributed by atoms with Gasteiger partial charge in [0.1, 0.15) is 29.6 Å². The summed E-state index contributed by atoms with van der Waals surface area (Å²) in [5, 5.41) is 23.4. The number of likely N-dealkylation sites (tertiary alicyclic amines) is 1. The van der Waals surface area contributed by atoms with E-state index in [2.05, 4.69) is 20.9 Å². The van der Waals surface area contributed by atoms with Gasteiger partial charge in [-0.3, -0.25) is 14.4 Å². The molecule has 1 aromatic heterocycles. The lowest BCUT2D eigenvalue weighted by molar-refractivity contribution is -0.141. The van der Waals surface area contributed by atoms with Crippen molar-refractivity contribution in [3.05, 3.63) is 48.5 Å². The van der Waals surface area contributed by atoms with Crippen LogP contribution in [-0.4, -0.2) is 80.2 Å². The molecule has 2 bridgehead atoms. The van der Waals surface area contributed by atoms with E-state index in [1.807, 2.05) is 31.2 Å². The van der Waals surface area contributed by atoms with Crippen LogP contribution in [0.5, 0.6) is 5.75 Å². The number of hydrogen-bond donors (Lipinski definition) is 3. The van der Waals surface area contributed by atoms with Gasteiger partial charge in [-0.1, -0.05) is 30.2 Å². The topological polar surface area (TPSA) is 148 Å². The zero-order valence-corrected chi connectivity index (χ0v) is 24.3. The van der Waals surface area contributed by atoms with Crippen molar-refractivity contribution in [2.24, 2.45) is 11.8 Å². The number of amides is 3. The fraction of sp³-hybridized carbons (Fsp3) is 0.516. The summed E-state index contributed by atoms with van der Waals surface area (Å²) in [6.07, 6.45) is 3.67. The Bertz CT molecular complexity index is 1480. The van der Waals surface area contributed by atoms with E-state index in [1.54, 1.807) is 33.8 Å². The number of rotatable bonds is 13. The minimum absolute atomic E-state index is 0.0835. The maximum absolute atomic E-state index is 14.1. The van der Waals surface area contributed by atoms with Gasteiger partial charge in [-0.05, 0) is 69.0 Å². The van der Waals surface area contributed by atoms with Gasteiger partial charge in [0, 0.05) is 18.8 Å². The number of nitrogens with zero attached hydrogens (tertiary/aromatic N) is 4. The van der Waals surface area contributed by atoms with E-state index in [9.17, 15) is 14.4 Å². The molecule has 43 heavy (non-hydrogen) atoms. The van der Waals surface area contributed by atoms with E-state index in [0.29, 0.717) is 50.3 Å². The highest BCUT2D eigenvalue weighted by Crippen LogP contribution is 2.58. The van der Waals surface area contributed by atoms with Crippen LogP contribution in [0, 0.1) is 11.8 Å². The number of fused-ring (bicyclic) bond motifs is 2. The lowest BCUT2D eigenvalue weighted by atomic mass is 9.70. The third-order valence-corrected chi connectivity index (χ3v) is 8.91. The summed E-state index contributed by atoms with van der Waals surface area (Å²) < 4.78 is 13.6. The molecule has 5 atom stereocenters. The molecule has 3 amide bonds. The lowest BCUT2D eigenvalue weighted by Gasteiger charge is -2.33. The number of aliphatic hydroxyl groups excluding tert-OH is 1. The highest BCUT2D eigenvalue weighted by Gasteiger charge is 2.74. The van der Waals surface area contributed by atoms with Gasteiger partial charge in [0.05, 0.1) is 30.1 Å². The molecule has 228 valence electrons. The van der Waals surface area contributed by atoms with Crippen LogP contribution in [0.2, 0.25) is 0 Å². The van der Waals surface area contributed by atoms with Crippen LogP contribution in [-0.2, 0) is 25.8 Å². The van der Waals surface area contributed by atoms with Crippen molar-refractivity contribution in [3.63, 3.8) is 0 Å². The average Bonchev–Trinajstić information content (AvgIpc) is 3.76. The van der Waals surface area contributed by atoms with E-state index in [4.69, 9.17) is 14.6 Å². The number of carbonyl (C=O) groups is 3. The van der Waals surface area contributed by atoms with Crippen LogP contribution in [0.25, 0.3) is 11.0 Å². The molecule has 3 N–H and O–H groups in total. The number of nitrogens with one attached hydrogen (secondary N) is 2. The minimum Gasteiger partial charge on any atom is -0.494 e. The summed E-state index contributed by atoms with van der Waals surface area (Å²) >= 11 is 0. The molecule has 3 aliphatic rings. The average molecular weight is 591 g/mol. The number of hydrogen-bond acceptors (Lipinski definition) is 8. The van der Waals surface area contributed by atoms with Crippen LogP contribution < -0.4 is 15.4 Å². The first-order valence-corrected chi connectivity index (χ1v) is 15.2. The number of ether oxygens (including phenoxy) is 2. The summed E-state index contributed by atoms with van der Waals surface area (Å²) in [6.45, 7) is 3.02. The van der Waals surface area contributed by atoms with Crippen molar-refractivity contribution in [1.82, 2.24) is 25.2 Å². The van der Waals surface area contributed by atoms with Crippen molar-refractivity contribution in [2.75, 3.05) is 25.1 Å². The molecule has 3 aliphatic heterocycles. The number of unbranched alkanes of at least 4 members (excludes halogenated alkanes) is 3. The third-order valence-electron chi connectivity index (χ3n) is 8.91. The molecule has 12 nitrogen and oxygen atoms in total. The van der Waals surface area contributed by atoms with Gasteiger partial charge >= 0.3 is 0 Å². The molecule has 3 saturated heterocycles. The Balaban J connectivity index is 1.22. The molecule has 2 aromatic carbocycles. The fourth-order valence-electron chi connectivity index (χ4n) is 7.05. The van der Waals surface area contributed by atoms with Gasteiger partial charge in [0.15, 0.2) is 0 Å². The molecule has 2 unspecified atom stereocenters. The number of aliphatic hydroxyl groups is 1. The van der Waals surface area contributed by atoms with Gasteiger partial charge < -0.3 is 30.1 Å². The van der Waals surface area contributed by atoms with Crippen LogP contribution >= 0.6 is 0 Å². The molecule has 1 spiro atoms. The predicted molar refractivity (Wildman–Crippen MR) is 157 cm³/mol. The second kappa shape index (κ2) is 12.3. The normalized spacial score (nSPS) is 25.7. The van der Waals surface area contributed by atoms with Crippen LogP contribution in [0.4, 0.5) is 5.69 Å². The first-order valence-electron chi connectivity index (χ1n) is 15.2. The Labute approximate surface area is 249 Å². The minimum atomic E-state index is -1.08. The highest BCUT2D eigenvalue weighted by atomic mass is 16.5. The zero-order chi connectivity index (χ0) is 30.0. The first-order chi connectivity index (χ1) is 21.0. The Morgan fingerprint density at radius 3 is 2.67 bits per heavy atom. The molecular weight excluding hydrogens is 552 g/mol. The van der Waals surface area contributed by atoms with E-state index >= 15 is 0 Å². The SMILES string of the molecule is CCOc1ccc(NC(=O)[C@@H]2[C@@H]3CCC4(O3)C(C(=O)NCn3nnc5ccccc53)N(CCCCCCO)C(=O)[C@H]24)cc1. The number of anilines is 1. The monoisotopic (exact) mass is 590 g/mol. The molecule has 3 fully saturated rings. The molecule has 0 aliphatic carbocycles. The maximum atomic E-state index is 14.1. The highest BCUT2D eigenvalue weighted by molar-refractivity contribution is 6.02. The van der Waals surface area contributed by atoms with Crippen LogP contribution in [0.15, 0.2) is 48.5 Å². The Kier molecular flexibility index (Phi) is 8.31. The second-order valence-corrected chi connectivity index (χ2v) is 11.4. The van der Waals surface area contributed by atoms with Crippen molar-refractivity contribution in [2.45, 2.75) is 69.9 Å². The van der Waals surface area contributed by atoms with Gasteiger partial charge in [0.2, 0.25) is 17.7 Å². The number of benzene rings is 2. The number of para-hydroxylation sites is 1. The lowest BCUT2D eigenvalue weighted by Crippen LogP contribution is -2.55. The molecule has 12 heteroatoms. The van der Waals surface area contributed by atoms with E-state index in [-0.39, 0.29) is 31.0 Å². The van der Waals surface area contributed by atoms with Crippen molar-refractivity contribution >= 4 is 34.4 Å². The smallest absolute Gasteiger partial charge is 0.247 e. The quantitative estimate of drug-likeness (QED) is 0.257. The molecule has 4 heterocycles. The van der Waals surface area contributed by atoms with Crippen molar-refractivity contribution < 1.29 is 29.0 Å². The second-order valence-electron chi connectivity index (χ2n) is 11.4. The third kappa shape index (κ3) is 5.33. The van der Waals surface area contributed by atoms with Gasteiger partial charge in [-0.25, -0.2) is 4.68 Å². The summed E-state index contributed by atoms with van der Waals surface area (Å²) in [7, 11) is 0. The van der Waals surface area contributed by atoms with E-state index in [0.717, 1.165) is 23.9 Å². The molecule has 3 aromatic rings. The fourth-order valence-corrected chi connectivity index (χ4v) is 7.05. The van der Waals surface area contributed by atoms with Gasteiger partial charge in [-0.15, -0.1) is 5.10 Å². The largest absolute Gasteiger partial charge is 0.494 e. The summed E-state index contributed by atoms with van der Waals surface area (Å²) in [4.78, 5) is 43.4. The predicted octanol–water partition coefficient (Wildman–Crippen LogP) is 2.47. The summed E-state index contributed by atoms with van der Waals surface area (Å²) in [5.74, 6) is -1.60. The summed E-state index contributed by atoms with van der Waals surface area (Å²) in [5.41, 5.74) is 1.02. The Morgan fingerprint density at radius 2 is 1.88 bits per heavy atom. The van der Waals surface area contributed by atoms with Crippen LogP contribution in [0.1, 0.15) is 45.4 Å². The number of aromatic nitrogens is 3. The van der Waals surface area contributed by atoms with Gasteiger partial charge in [-0.2, -0.15) is 0 Å². The maximum Gasteiger partial charge on any atom is 0.247 e. The molecule has 0 saturated carbocycles. The molecule has 0 radical (unpaired) electrons. The zero-order valence-electron chi connectivity index (χ0n) is 24.3. The van der Waals surface area contributed by atoms with Crippen LogP contribution in [0.3, 0.4) is 0 Å². The van der Waals surface area contributed by atoms with E-state index in [1.165, 1.54) is 0 Å².